The van der Waals surface area contributed by atoms with E-state index in [1.807, 2.05) is 0 Å². The summed E-state index contributed by atoms with van der Waals surface area (Å²) >= 11 is 0. The van der Waals surface area contributed by atoms with Gasteiger partial charge < -0.3 is 4.90 Å². The van der Waals surface area contributed by atoms with Crippen LogP contribution in [0.15, 0.2) is 0 Å². The molecule has 1 saturated carbocycles. The maximum absolute atomic E-state index is 2.62. The minimum Gasteiger partial charge on any atom is -0.301 e. The summed E-state index contributed by atoms with van der Waals surface area (Å²) in [4.78, 5) is 2.62. The molecule has 1 aliphatic carbocycles. The average Bonchev–Trinajstić information content (AvgIpc) is 2.10. The first-order chi connectivity index (χ1) is 5.77. The van der Waals surface area contributed by atoms with Gasteiger partial charge in [-0.2, -0.15) is 0 Å². The van der Waals surface area contributed by atoms with E-state index < -0.39 is 0 Å². The van der Waals surface area contributed by atoms with Gasteiger partial charge in [0, 0.05) is 6.04 Å². The van der Waals surface area contributed by atoms with Crippen molar-refractivity contribution in [3.05, 3.63) is 0 Å². The molecule has 1 heteroatoms. The van der Waals surface area contributed by atoms with Crippen molar-refractivity contribution >= 4 is 0 Å². The van der Waals surface area contributed by atoms with Crippen molar-refractivity contribution in [3.8, 4) is 0 Å². The van der Waals surface area contributed by atoms with Crippen molar-refractivity contribution in [2.75, 3.05) is 13.1 Å². The largest absolute Gasteiger partial charge is 0.301 e. The fraction of sp³-hybridized carbons (Fsp3) is 1.00. The van der Waals surface area contributed by atoms with Gasteiger partial charge in [-0.1, -0.05) is 20.8 Å². The first-order valence-electron chi connectivity index (χ1n) is 5.52. The Kier molecular flexibility index (Phi) is 4.07. The fourth-order valence-electron chi connectivity index (χ4n) is 2.35. The molecular weight excluding hydrogens is 146 g/mol. The molecule has 0 saturated heterocycles. The lowest BCUT2D eigenvalue weighted by atomic mass is 9.86. The van der Waals surface area contributed by atoms with Crippen molar-refractivity contribution in [2.45, 2.75) is 52.5 Å². The first kappa shape index (κ1) is 10.0. The maximum atomic E-state index is 2.62. The van der Waals surface area contributed by atoms with Gasteiger partial charge >= 0.3 is 0 Å². The van der Waals surface area contributed by atoms with Crippen LogP contribution in [0.3, 0.4) is 0 Å². The highest BCUT2D eigenvalue weighted by Gasteiger charge is 2.21. The van der Waals surface area contributed by atoms with Crippen LogP contribution in [0.2, 0.25) is 0 Å². The van der Waals surface area contributed by atoms with E-state index >= 15 is 0 Å². The van der Waals surface area contributed by atoms with Crippen molar-refractivity contribution in [2.24, 2.45) is 5.92 Å². The van der Waals surface area contributed by atoms with Crippen molar-refractivity contribution in [3.63, 3.8) is 0 Å². The summed E-state index contributed by atoms with van der Waals surface area (Å²) in [6.45, 7) is 9.41. The second-order valence-corrected chi connectivity index (χ2v) is 4.13. The molecule has 0 unspecified atom stereocenters. The number of nitrogens with zero attached hydrogens (tertiary/aromatic N) is 1. The third kappa shape index (κ3) is 2.48. The van der Waals surface area contributed by atoms with E-state index in [1.165, 1.54) is 38.8 Å². The second-order valence-electron chi connectivity index (χ2n) is 4.13. The van der Waals surface area contributed by atoms with Crippen LogP contribution in [0.1, 0.15) is 46.5 Å². The predicted molar refractivity (Wildman–Crippen MR) is 54.3 cm³/mol. The summed E-state index contributed by atoms with van der Waals surface area (Å²) in [5, 5.41) is 0. The van der Waals surface area contributed by atoms with E-state index in [-0.39, 0.29) is 0 Å². The van der Waals surface area contributed by atoms with Gasteiger partial charge in [0.25, 0.3) is 0 Å². The van der Waals surface area contributed by atoms with Crippen LogP contribution < -0.4 is 0 Å². The van der Waals surface area contributed by atoms with Gasteiger partial charge in [0.15, 0.2) is 0 Å². The first-order valence-corrected chi connectivity index (χ1v) is 5.52. The highest BCUT2D eigenvalue weighted by Crippen LogP contribution is 2.26. The van der Waals surface area contributed by atoms with Gasteiger partial charge in [-0.05, 0) is 44.7 Å². The predicted octanol–water partition coefficient (Wildman–Crippen LogP) is 2.91. The Morgan fingerprint density at radius 1 is 1.00 bits per heavy atom. The van der Waals surface area contributed by atoms with Crippen LogP contribution in [0.4, 0.5) is 0 Å². The molecule has 0 heterocycles. The Labute approximate surface area is 77.1 Å². The Bertz CT molecular complexity index is 110. The fourth-order valence-corrected chi connectivity index (χ4v) is 2.35. The van der Waals surface area contributed by atoms with E-state index in [4.69, 9.17) is 0 Å². The highest BCUT2D eigenvalue weighted by atomic mass is 15.1. The normalized spacial score (nSPS) is 31.0. The van der Waals surface area contributed by atoms with Crippen LogP contribution in [0, 0.1) is 5.92 Å². The zero-order valence-electron chi connectivity index (χ0n) is 8.84. The van der Waals surface area contributed by atoms with Crippen LogP contribution in [-0.4, -0.2) is 24.0 Å². The van der Waals surface area contributed by atoms with E-state index in [1.54, 1.807) is 0 Å². The maximum Gasteiger partial charge on any atom is 0.00952 e. The molecule has 0 bridgehead atoms. The molecular formula is C11H23N. The molecule has 72 valence electrons. The third-order valence-corrected chi connectivity index (χ3v) is 3.31. The van der Waals surface area contributed by atoms with Crippen LogP contribution in [0.5, 0.6) is 0 Å². The molecule has 1 fully saturated rings. The molecule has 1 rings (SSSR count). The monoisotopic (exact) mass is 169 g/mol. The summed E-state index contributed by atoms with van der Waals surface area (Å²) in [7, 11) is 0. The van der Waals surface area contributed by atoms with E-state index in [2.05, 4.69) is 25.7 Å². The molecule has 0 amide bonds. The SMILES string of the molecule is CCN(CC)[C@H]1CC[C@@H](C)CC1. The standard InChI is InChI=1S/C11H23N/c1-4-12(5-2)11-8-6-10(3)7-9-11/h10-11H,4-9H2,1-3H3/t10-,11+. The summed E-state index contributed by atoms with van der Waals surface area (Å²) in [5.74, 6) is 0.983. The Morgan fingerprint density at radius 2 is 1.50 bits per heavy atom. The summed E-state index contributed by atoms with van der Waals surface area (Å²) in [5.41, 5.74) is 0. The molecule has 1 aliphatic rings. The zero-order valence-corrected chi connectivity index (χ0v) is 8.84. The minimum atomic E-state index is 0.899. The molecule has 0 radical (unpaired) electrons. The summed E-state index contributed by atoms with van der Waals surface area (Å²) < 4.78 is 0. The molecule has 0 spiro atoms. The molecule has 0 aromatic carbocycles. The Balaban J connectivity index is 2.32. The summed E-state index contributed by atoms with van der Waals surface area (Å²) in [6, 6.07) is 0.899. The van der Waals surface area contributed by atoms with Crippen LogP contribution in [0.25, 0.3) is 0 Å². The molecule has 12 heavy (non-hydrogen) atoms. The van der Waals surface area contributed by atoms with Gasteiger partial charge in [-0.25, -0.2) is 0 Å². The second kappa shape index (κ2) is 4.86. The number of hydrogen-bond acceptors (Lipinski definition) is 1. The third-order valence-electron chi connectivity index (χ3n) is 3.31. The topological polar surface area (TPSA) is 3.24 Å². The lowest BCUT2D eigenvalue weighted by Crippen LogP contribution is -2.37. The van der Waals surface area contributed by atoms with Crippen LogP contribution in [-0.2, 0) is 0 Å². The number of rotatable bonds is 3. The van der Waals surface area contributed by atoms with Gasteiger partial charge in [0.05, 0.1) is 0 Å². The molecule has 0 aliphatic heterocycles. The van der Waals surface area contributed by atoms with Gasteiger partial charge in [0.1, 0.15) is 0 Å². The zero-order chi connectivity index (χ0) is 8.97. The van der Waals surface area contributed by atoms with Gasteiger partial charge in [-0.3, -0.25) is 0 Å². The molecule has 0 N–H and O–H groups in total. The number of hydrogen-bond donors (Lipinski definition) is 0. The highest BCUT2D eigenvalue weighted by molar-refractivity contribution is 4.76. The van der Waals surface area contributed by atoms with Gasteiger partial charge in [0.2, 0.25) is 0 Å². The summed E-state index contributed by atoms with van der Waals surface area (Å²) in [6.07, 6.45) is 5.76. The van der Waals surface area contributed by atoms with Crippen LogP contribution >= 0.6 is 0 Å². The smallest absolute Gasteiger partial charge is 0.00952 e. The van der Waals surface area contributed by atoms with Crippen molar-refractivity contribution in [1.82, 2.24) is 4.90 Å². The molecule has 0 aromatic heterocycles. The molecule has 0 aromatic rings. The van der Waals surface area contributed by atoms with Gasteiger partial charge in [-0.15, -0.1) is 0 Å². The Hall–Kier alpha value is -0.0400. The Morgan fingerprint density at radius 3 is 1.92 bits per heavy atom. The molecule has 0 atom stereocenters. The lowest BCUT2D eigenvalue weighted by molar-refractivity contribution is 0.153. The van der Waals surface area contributed by atoms with Crippen molar-refractivity contribution < 1.29 is 0 Å². The average molecular weight is 169 g/mol. The minimum absolute atomic E-state index is 0.899. The molecule has 1 nitrogen and oxygen atoms in total. The van der Waals surface area contributed by atoms with E-state index in [9.17, 15) is 0 Å². The van der Waals surface area contributed by atoms with E-state index in [0.717, 1.165) is 12.0 Å². The quantitative estimate of drug-likeness (QED) is 0.628. The van der Waals surface area contributed by atoms with E-state index in [0.29, 0.717) is 0 Å². The van der Waals surface area contributed by atoms with Crippen molar-refractivity contribution in [1.29, 1.82) is 0 Å². The lowest BCUT2D eigenvalue weighted by Gasteiger charge is -2.34.